The summed E-state index contributed by atoms with van der Waals surface area (Å²) in [5, 5.41) is 3.72. The molecule has 0 aromatic heterocycles. The minimum absolute atomic E-state index is 0.0435. The summed E-state index contributed by atoms with van der Waals surface area (Å²) >= 11 is 0. The highest BCUT2D eigenvalue weighted by Crippen LogP contribution is 2.68. The zero-order valence-corrected chi connectivity index (χ0v) is 20.6. The van der Waals surface area contributed by atoms with Gasteiger partial charge in [-0.1, -0.05) is 20.8 Å². The lowest BCUT2D eigenvalue weighted by atomic mass is 9.44. The maximum Gasteiger partial charge on any atom is 0.305 e. The maximum absolute atomic E-state index is 11.7. The molecule has 0 aromatic carbocycles. The Hall–Kier alpha value is -0.610. The van der Waals surface area contributed by atoms with Crippen molar-refractivity contribution in [3.63, 3.8) is 0 Å². The van der Waals surface area contributed by atoms with Crippen LogP contribution < -0.4 is 11.1 Å². The molecule has 31 heavy (non-hydrogen) atoms. The van der Waals surface area contributed by atoms with Crippen molar-refractivity contribution in [3.05, 3.63) is 0 Å². The Kier molecular flexibility index (Phi) is 7.09. The average molecular weight is 433 g/mol. The molecule has 4 fully saturated rings. The van der Waals surface area contributed by atoms with E-state index in [4.69, 9.17) is 10.5 Å². The lowest BCUT2D eigenvalue weighted by Crippen LogP contribution is -2.55. The maximum atomic E-state index is 11.7. The van der Waals surface area contributed by atoms with Gasteiger partial charge in [0.1, 0.15) is 0 Å². The van der Waals surface area contributed by atoms with Gasteiger partial charge in [0, 0.05) is 25.6 Å². The van der Waals surface area contributed by atoms with E-state index in [9.17, 15) is 4.79 Å². The quantitative estimate of drug-likeness (QED) is 0.546. The first-order valence-electron chi connectivity index (χ1n) is 13.3. The Balaban J connectivity index is 1.43. The summed E-state index contributed by atoms with van der Waals surface area (Å²) in [6, 6.07) is 0.693. The Labute approximate surface area is 190 Å². The summed E-state index contributed by atoms with van der Waals surface area (Å²) in [6.07, 6.45) is 14.2. The molecule has 4 saturated carbocycles. The van der Waals surface area contributed by atoms with Crippen LogP contribution in [0.5, 0.6) is 0 Å². The van der Waals surface area contributed by atoms with Crippen LogP contribution in [0.3, 0.4) is 0 Å². The standard InChI is InChI=1S/C27H48N2O2/c1-18(5-10-25(30)31-4)22-8-9-23-21-7-6-19-17-20(29-16-15-28)11-13-26(19,2)24(21)12-14-27(22,23)3/h18-24,29H,5-17,28H2,1-4H3/t18-,19-,20?,21?,22-,23?,24?,26+,27-/m1/s1. The number of methoxy groups -OCH3 is 1. The van der Waals surface area contributed by atoms with Crippen molar-refractivity contribution < 1.29 is 9.53 Å². The van der Waals surface area contributed by atoms with E-state index in [1.54, 1.807) is 0 Å². The van der Waals surface area contributed by atoms with Crippen LogP contribution in [0, 0.1) is 46.3 Å². The molecular formula is C27H48N2O2. The molecule has 4 aliphatic carbocycles. The summed E-state index contributed by atoms with van der Waals surface area (Å²) in [4.78, 5) is 11.7. The van der Waals surface area contributed by atoms with Gasteiger partial charge in [0.2, 0.25) is 0 Å². The summed E-state index contributed by atoms with van der Waals surface area (Å²) in [7, 11) is 1.51. The van der Waals surface area contributed by atoms with E-state index < -0.39 is 0 Å². The third-order valence-corrected chi connectivity index (χ3v) is 11.0. The first kappa shape index (κ1) is 23.5. The molecule has 9 atom stereocenters. The molecular weight excluding hydrogens is 384 g/mol. The molecule has 4 nitrogen and oxygen atoms in total. The van der Waals surface area contributed by atoms with E-state index in [0.29, 0.717) is 29.2 Å². The van der Waals surface area contributed by atoms with Crippen molar-refractivity contribution in [3.8, 4) is 0 Å². The molecule has 0 bridgehead atoms. The van der Waals surface area contributed by atoms with E-state index in [0.717, 1.165) is 49.1 Å². The number of carbonyl (C=O) groups is 1. The third kappa shape index (κ3) is 4.21. The first-order valence-corrected chi connectivity index (χ1v) is 13.3. The fourth-order valence-corrected chi connectivity index (χ4v) is 9.35. The van der Waals surface area contributed by atoms with Crippen LogP contribution in [0.25, 0.3) is 0 Å². The number of esters is 1. The van der Waals surface area contributed by atoms with Crippen LogP contribution in [0.1, 0.15) is 91.4 Å². The number of hydrogen-bond acceptors (Lipinski definition) is 4. The minimum atomic E-state index is -0.0435. The highest BCUT2D eigenvalue weighted by molar-refractivity contribution is 5.69. The molecule has 0 spiro atoms. The number of nitrogens with one attached hydrogen (secondary N) is 1. The second-order valence-electron chi connectivity index (χ2n) is 12.2. The molecule has 4 aliphatic rings. The Morgan fingerprint density at radius 1 is 1.06 bits per heavy atom. The number of rotatable bonds is 7. The van der Waals surface area contributed by atoms with Crippen LogP contribution in [0.2, 0.25) is 0 Å². The van der Waals surface area contributed by atoms with Gasteiger partial charge in [0.25, 0.3) is 0 Å². The zero-order chi connectivity index (χ0) is 22.2. The molecule has 4 rings (SSSR count). The number of hydrogen-bond donors (Lipinski definition) is 2. The van der Waals surface area contributed by atoms with Crippen LogP contribution in [-0.4, -0.2) is 32.2 Å². The van der Waals surface area contributed by atoms with Crippen molar-refractivity contribution in [2.24, 2.45) is 52.1 Å². The number of ether oxygens (including phenoxy) is 1. The largest absolute Gasteiger partial charge is 0.469 e. The van der Waals surface area contributed by atoms with Crippen molar-refractivity contribution in [2.75, 3.05) is 20.2 Å². The predicted octanol–water partition coefficient (Wildman–Crippen LogP) is 5.15. The second kappa shape index (κ2) is 9.33. The zero-order valence-electron chi connectivity index (χ0n) is 20.6. The predicted molar refractivity (Wildman–Crippen MR) is 126 cm³/mol. The molecule has 0 saturated heterocycles. The van der Waals surface area contributed by atoms with Crippen molar-refractivity contribution in [2.45, 2.75) is 97.4 Å². The van der Waals surface area contributed by atoms with Crippen LogP contribution >= 0.6 is 0 Å². The van der Waals surface area contributed by atoms with E-state index in [2.05, 4.69) is 26.1 Å². The van der Waals surface area contributed by atoms with Crippen molar-refractivity contribution in [1.82, 2.24) is 5.32 Å². The Morgan fingerprint density at radius 3 is 2.55 bits per heavy atom. The van der Waals surface area contributed by atoms with Gasteiger partial charge < -0.3 is 15.8 Å². The van der Waals surface area contributed by atoms with Crippen molar-refractivity contribution in [1.29, 1.82) is 0 Å². The smallest absolute Gasteiger partial charge is 0.305 e. The van der Waals surface area contributed by atoms with Gasteiger partial charge in [0.05, 0.1) is 7.11 Å². The van der Waals surface area contributed by atoms with Gasteiger partial charge in [-0.25, -0.2) is 0 Å². The highest BCUT2D eigenvalue weighted by Gasteiger charge is 2.60. The van der Waals surface area contributed by atoms with Gasteiger partial charge in [-0.05, 0) is 111 Å². The fraction of sp³-hybridized carbons (Fsp3) is 0.963. The molecule has 4 heteroatoms. The van der Waals surface area contributed by atoms with E-state index in [1.807, 2.05) is 0 Å². The molecule has 0 amide bonds. The molecule has 0 radical (unpaired) electrons. The average Bonchev–Trinajstić information content (AvgIpc) is 3.13. The lowest BCUT2D eigenvalue weighted by Gasteiger charge is -2.61. The van der Waals surface area contributed by atoms with Crippen LogP contribution in [-0.2, 0) is 9.53 Å². The summed E-state index contributed by atoms with van der Waals surface area (Å²) in [5.41, 5.74) is 6.78. The second-order valence-corrected chi connectivity index (χ2v) is 12.2. The summed E-state index contributed by atoms with van der Waals surface area (Å²) in [6.45, 7) is 9.42. The minimum Gasteiger partial charge on any atom is -0.469 e. The third-order valence-electron chi connectivity index (χ3n) is 11.0. The van der Waals surface area contributed by atoms with Crippen LogP contribution in [0.15, 0.2) is 0 Å². The number of nitrogens with two attached hydrogens (primary N) is 1. The first-order chi connectivity index (χ1) is 14.8. The summed E-state index contributed by atoms with van der Waals surface area (Å²) in [5.74, 6) is 5.04. The monoisotopic (exact) mass is 432 g/mol. The molecule has 0 aliphatic heterocycles. The van der Waals surface area contributed by atoms with E-state index in [-0.39, 0.29) is 5.97 Å². The van der Waals surface area contributed by atoms with E-state index >= 15 is 0 Å². The van der Waals surface area contributed by atoms with Gasteiger partial charge in [-0.2, -0.15) is 0 Å². The Bertz CT molecular complexity index is 639. The fourth-order valence-electron chi connectivity index (χ4n) is 9.35. The lowest BCUT2D eigenvalue weighted by molar-refractivity contribution is -0.141. The Morgan fingerprint density at radius 2 is 1.81 bits per heavy atom. The van der Waals surface area contributed by atoms with E-state index in [1.165, 1.54) is 64.9 Å². The molecule has 0 heterocycles. The molecule has 0 aromatic rings. The normalized spacial score (nSPS) is 45.3. The number of carbonyl (C=O) groups excluding carboxylic acids is 1. The van der Waals surface area contributed by atoms with Crippen LogP contribution in [0.4, 0.5) is 0 Å². The topological polar surface area (TPSA) is 64.3 Å². The number of fused-ring (bicyclic) bond motifs is 5. The SMILES string of the molecule is COC(=O)CC[C@@H](C)[C@H]1CCC2C3CC[C@@H]4CC(NCCN)CC[C@]4(C)C3CC[C@@]21C. The molecule has 178 valence electrons. The van der Waals surface area contributed by atoms with Crippen molar-refractivity contribution >= 4 is 5.97 Å². The van der Waals surface area contributed by atoms with Gasteiger partial charge >= 0.3 is 5.97 Å². The highest BCUT2D eigenvalue weighted by atomic mass is 16.5. The van der Waals surface area contributed by atoms with Gasteiger partial charge in [0.15, 0.2) is 0 Å². The summed E-state index contributed by atoms with van der Waals surface area (Å²) < 4.78 is 4.91. The van der Waals surface area contributed by atoms with Gasteiger partial charge in [-0.3, -0.25) is 4.79 Å². The molecule has 3 N–H and O–H groups in total. The van der Waals surface area contributed by atoms with Gasteiger partial charge in [-0.15, -0.1) is 0 Å². The molecule has 4 unspecified atom stereocenters.